The summed E-state index contributed by atoms with van der Waals surface area (Å²) in [4.78, 5) is 17.9. The monoisotopic (exact) mass is 426 g/mol. The van der Waals surface area contributed by atoms with Gasteiger partial charge in [0.1, 0.15) is 5.75 Å². The first-order valence-corrected chi connectivity index (χ1v) is 10.9. The zero-order valence-corrected chi connectivity index (χ0v) is 18.1. The average molecular weight is 427 g/mol. The van der Waals surface area contributed by atoms with Gasteiger partial charge in [-0.05, 0) is 55.3 Å². The van der Waals surface area contributed by atoms with Gasteiger partial charge in [0.2, 0.25) is 0 Å². The topological polar surface area (TPSA) is 87.0 Å². The van der Waals surface area contributed by atoms with Gasteiger partial charge in [0, 0.05) is 24.2 Å². The molecular formula is C26H26N4O2. The van der Waals surface area contributed by atoms with Crippen molar-refractivity contribution in [1.29, 1.82) is 5.26 Å². The minimum Gasteiger partial charge on any atom is -0.495 e. The number of carbonyl (C=O) groups is 1. The number of ether oxygens (including phenoxy) is 1. The molecular weight excluding hydrogens is 400 g/mol. The molecule has 0 spiro atoms. The number of amides is 1. The quantitative estimate of drug-likeness (QED) is 0.615. The second kappa shape index (κ2) is 10.1. The summed E-state index contributed by atoms with van der Waals surface area (Å²) in [6.07, 6.45) is 5.12. The van der Waals surface area contributed by atoms with Crippen molar-refractivity contribution in [3.05, 3.63) is 77.6 Å². The lowest BCUT2D eigenvalue weighted by molar-refractivity contribution is 0.102. The van der Waals surface area contributed by atoms with Crippen LogP contribution in [0.15, 0.2) is 60.8 Å². The molecule has 4 rings (SSSR count). The smallest absolute Gasteiger partial charge is 0.259 e. The minimum atomic E-state index is -0.242. The minimum absolute atomic E-state index is 0.242. The van der Waals surface area contributed by atoms with E-state index in [2.05, 4.69) is 21.7 Å². The molecule has 0 radical (unpaired) electrons. The fourth-order valence-corrected chi connectivity index (χ4v) is 4.18. The van der Waals surface area contributed by atoms with E-state index in [1.165, 1.54) is 0 Å². The molecule has 6 nitrogen and oxygen atoms in total. The maximum Gasteiger partial charge on any atom is 0.259 e. The van der Waals surface area contributed by atoms with Gasteiger partial charge in [0.15, 0.2) is 0 Å². The van der Waals surface area contributed by atoms with E-state index in [1.807, 2.05) is 36.4 Å². The summed E-state index contributed by atoms with van der Waals surface area (Å²) in [6, 6.07) is 18.6. The van der Waals surface area contributed by atoms with Crippen molar-refractivity contribution in [2.24, 2.45) is 0 Å². The predicted octanol–water partition coefficient (Wildman–Crippen LogP) is 4.74. The Labute approximate surface area is 188 Å². The van der Waals surface area contributed by atoms with Crippen molar-refractivity contribution < 1.29 is 9.53 Å². The number of nitrogens with one attached hydrogen (secondary N) is 2. The number of aromatic nitrogens is 1. The van der Waals surface area contributed by atoms with Gasteiger partial charge in [-0.15, -0.1) is 0 Å². The highest BCUT2D eigenvalue weighted by Crippen LogP contribution is 2.34. The van der Waals surface area contributed by atoms with Crippen LogP contribution in [0, 0.1) is 11.3 Å². The molecule has 0 saturated carbocycles. The van der Waals surface area contributed by atoms with Gasteiger partial charge in [0.05, 0.1) is 35.7 Å². The molecule has 1 aliphatic rings. The highest BCUT2D eigenvalue weighted by atomic mass is 16.5. The van der Waals surface area contributed by atoms with E-state index in [1.54, 1.807) is 31.5 Å². The molecule has 32 heavy (non-hydrogen) atoms. The standard InChI is InChI=1S/C26H26N4O2/c1-32-25-21(19-12-10-18(16-27)11-13-19)7-4-8-22(25)26(31)30-23-9-5-15-29-24(23)20-6-2-3-14-28-17-20/h4-5,7-13,15,20,28H,2-3,6,14,17H2,1H3,(H,30,31). The lowest BCUT2D eigenvalue weighted by Crippen LogP contribution is -2.22. The van der Waals surface area contributed by atoms with Crippen LogP contribution in [0.4, 0.5) is 5.69 Å². The molecule has 2 N–H and O–H groups in total. The molecule has 1 atom stereocenters. The van der Waals surface area contributed by atoms with Crippen LogP contribution in [0.1, 0.15) is 46.8 Å². The number of para-hydroxylation sites is 1. The van der Waals surface area contributed by atoms with Gasteiger partial charge < -0.3 is 15.4 Å². The second-order valence-electron chi connectivity index (χ2n) is 7.86. The van der Waals surface area contributed by atoms with E-state index in [0.29, 0.717) is 16.9 Å². The second-order valence-corrected chi connectivity index (χ2v) is 7.86. The van der Waals surface area contributed by atoms with Gasteiger partial charge in [-0.1, -0.05) is 30.7 Å². The van der Waals surface area contributed by atoms with Crippen LogP contribution in [0.5, 0.6) is 5.75 Å². The van der Waals surface area contributed by atoms with E-state index in [4.69, 9.17) is 10.00 Å². The molecule has 1 aliphatic heterocycles. The molecule has 6 heteroatoms. The lowest BCUT2D eigenvalue weighted by Gasteiger charge is -2.19. The van der Waals surface area contributed by atoms with E-state index in [0.717, 1.165) is 54.9 Å². The predicted molar refractivity (Wildman–Crippen MR) is 125 cm³/mol. The number of nitriles is 1. The van der Waals surface area contributed by atoms with Crippen molar-refractivity contribution in [1.82, 2.24) is 10.3 Å². The third-order valence-electron chi connectivity index (χ3n) is 5.81. The van der Waals surface area contributed by atoms with Crippen molar-refractivity contribution >= 4 is 11.6 Å². The SMILES string of the molecule is COc1c(C(=O)Nc2cccnc2C2CCCCNC2)cccc1-c1ccc(C#N)cc1. The Hall–Kier alpha value is -3.69. The Kier molecular flexibility index (Phi) is 6.78. The number of hydrogen-bond donors (Lipinski definition) is 2. The van der Waals surface area contributed by atoms with Crippen LogP contribution in [0.25, 0.3) is 11.1 Å². The van der Waals surface area contributed by atoms with Crippen LogP contribution in [-0.4, -0.2) is 31.1 Å². The van der Waals surface area contributed by atoms with E-state index in [9.17, 15) is 4.79 Å². The van der Waals surface area contributed by atoms with E-state index < -0.39 is 0 Å². The summed E-state index contributed by atoms with van der Waals surface area (Å²) >= 11 is 0. The molecule has 1 aromatic heterocycles. The van der Waals surface area contributed by atoms with Gasteiger partial charge >= 0.3 is 0 Å². The largest absolute Gasteiger partial charge is 0.495 e. The summed E-state index contributed by atoms with van der Waals surface area (Å²) in [5, 5.41) is 15.6. The Balaban J connectivity index is 1.64. The fraction of sp³-hybridized carbons (Fsp3) is 0.269. The summed E-state index contributed by atoms with van der Waals surface area (Å²) in [5.41, 5.74) is 4.35. The highest BCUT2D eigenvalue weighted by Gasteiger charge is 2.22. The molecule has 0 aliphatic carbocycles. The van der Waals surface area contributed by atoms with Gasteiger partial charge in [-0.25, -0.2) is 0 Å². The van der Waals surface area contributed by atoms with Crippen molar-refractivity contribution in [2.75, 3.05) is 25.5 Å². The molecule has 1 unspecified atom stereocenters. The summed E-state index contributed by atoms with van der Waals surface area (Å²) < 4.78 is 5.66. The average Bonchev–Trinajstić information content (AvgIpc) is 3.13. The molecule has 3 aromatic rings. The number of rotatable bonds is 5. The molecule has 2 aromatic carbocycles. The summed E-state index contributed by atoms with van der Waals surface area (Å²) in [7, 11) is 1.56. The Morgan fingerprint density at radius 2 is 2.00 bits per heavy atom. The van der Waals surface area contributed by atoms with Crippen molar-refractivity contribution in [2.45, 2.75) is 25.2 Å². The Bertz CT molecular complexity index is 1130. The van der Waals surface area contributed by atoms with Gasteiger partial charge in [0.25, 0.3) is 5.91 Å². The maximum absolute atomic E-state index is 13.3. The molecule has 1 amide bonds. The van der Waals surface area contributed by atoms with Crippen LogP contribution in [0.3, 0.4) is 0 Å². The first kappa shape index (κ1) is 21.5. The zero-order chi connectivity index (χ0) is 22.3. The van der Waals surface area contributed by atoms with Crippen molar-refractivity contribution in [3.63, 3.8) is 0 Å². The molecule has 162 valence electrons. The van der Waals surface area contributed by atoms with E-state index in [-0.39, 0.29) is 11.8 Å². The fourth-order valence-electron chi connectivity index (χ4n) is 4.18. The number of carbonyl (C=O) groups excluding carboxylic acids is 1. The molecule has 2 heterocycles. The van der Waals surface area contributed by atoms with Gasteiger partial charge in [-0.3, -0.25) is 9.78 Å². The Morgan fingerprint density at radius 1 is 1.16 bits per heavy atom. The number of methoxy groups -OCH3 is 1. The van der Waals surface area contributed by atoms with Crippen LogP contribution >= 0.6 is 0 Å². The van der Waals surface area contributed by atoms with Crippen LogP contribution in [0.2, 0.25) is 0 Å². The number of hydrogen-bond acceptors (Lipinski definition) is 5. The summed E-state index contributed by atoms with van der Waals surface area (Å²) in [5.74, 6) is 0.519. The van der Waals surface area contributed by atoms with E-state index >= 15 is 0 Å². The lowest BCUT2D eigenvalue weighted by atomic mass is 9.97. The Morgan fingerprint density at radius 3 is 2.78 bits per heavy atom. The number of nitrogens with zero attached hydrogens (tertiary/aromatic N) is 2. The van der Waals surface area contributed by atoms with Crippen LogP contribution in [-0.2, 0) is 0 Å². The zero-order valence-electron chi connectivity index (χ0n) is 18.1. The van der Waals surface area contributed by atoms with Gasteiger partial charge in [-0.2, -0.15) is 5.26 Å². The summed E-state index contributed by atoms with van der Waals surface area (Å²) in [6.45, 7) is 1.88. The third-order valence-corrected chi connectivity index (χ3v) is 5.81. The number of anilines is 1. The highest BCUT2D eigenvalue weighted by molar-refractivity contribution is 6.07. The molecule has 1 fully saturated rings. The maximum atomic E-state index is 13.3. The first-order chi connectivity index (χ1) is 15.7. The number of pyridine rings is 1. The number of benzene rings is 2. The molecule has 0 bridgehead atoms. The van der Waals surface area contributed by atoms with Crippen molar-refractivity contribution in [3.8, 4) is 22.9 Å². The van der Waals surface area contributed by atoms with Crippen LogP contribution < -0.4 is 15.4 Å². The first-order valence-electron chi connectivity index (χ1n) is 10.9. The molecule has 1 saturated heterocycles. The third kappa shape index (κ3) is 4.63. The normalized spacial score (nSPS) is 15.9.